The van der Waals surface area contributed by atoms with Gasteiger partial charge in [-0.15, -0.1) is 0 Å². The molecule has 0 saturated heterocycles. The highest BCUT2D eigenvalue weighted by Crippen LogP contribution is 2.31. The number of aliphatic hydroxyl groups excluding tert-OH is 1. The molecular weight excluding hydrogens is 238 g/mol. The van der Waals surface area contributed by atoms with E-state index in [1.807, 2.05) is 6.92 Å². The average Bonchev–Trinajstić information content (AvgIpc) is 2.34. The first-order chi connectivity index (χ1) is 8.60. The summed E-state index contributed by atoms with van der Waals surface area (Å²) in [5, 5.41) is 9.03. The molecule has 0 aromatic heterocycles. The van der Waals surface area contributed by atoms with Crippen LogP contribution < -0.4 is 10.6 Å². The number of anilines is 2. The molecule has 18 heavy (non-hydrogen) atoms. The van der Waals surface area contributed by atoms with Crippen molar-refractivity contribution in [3.8, 4) is 0 Å². The van der Waals surface area contributed by atoms with Crippen molar-refractivity contribution in [3.63, 3.8) is 0 Å². The van der Waals surface area contributed by atoms with Crippen LogP contribution in [-0.2, 0) is 0 Å². The van der Waals surface area contributed by atoms with Crippen LogP contribution >= 0.6 is 0 Å². The number of hydrogen-bond donors (Lipinski definition) is 2. The molecule has 3 nitrogen and oxygen atoms in total. The Morgan fingerprint density at radius 1 is 1.33 bits per heavy atom. The second-order valence-corrected chi connectivity index (χ2v) is 4.18. The van der Waals surface area contributed by atoms with Gasteiger partial charge in [-0.3, -0.25) is 0 Å². The van der Waals surface area contributed by atoms with Crippen LogP contribution in [0.25, 0.3) is 0 Å². The third-order valence-electron chi connectivity index (χ3n) is 2.78. The Bertz CT molecular complexity index is 372. The molecule has 0 bridgehead atoms. The molecule has 0 aliphatic rings. The summed E-state index contributed by atoms with van der Waals surface area (Å²) in [6, 6.07) is 4.51. The highest BCUT2D eigenvalue weighted by Gasteiger charge is 2.17. The van der Waals surface area contributed by atoms with E-state index in [-0.39, 0.29) is 12.2 Å². The van der Waals surface area contributed by atoms with Gasteiger partial charge in [-0.05, 0) is 24.6 Å². The zero-order valence-electron chi connectivity index (χ0n) is 10.6. The van der Waals surface area contributed by atoms with Gasteiger partial charge in [-0.25, -0.2) is 8.78 Å². The van der Waals surface area contributed by atoms with Gasteiger partial charge in [0.25, 0.3) is 6.43 Å². The number of nitrogens with zero attached hydrogens (tertiary/aromatic N) is 1. The summed E-state index contributed by atoms with van der Waals surface area (Å²) in [7, 11) is 0. The molecule has 0 unspecified atom stereocenters. The minimum absolute atomic E-state index is 0.0588. The summed E-state index contributed by atoms with van der Waals surface area (Å²) in [5.41, 5.74) is 6.26. The number of rotatable bonds is 7. The first kappa shape index (κ1) is 14.7. The van der Waals surface area contributed by atoms with Crippen molar-refractivity contribution in [1.29, 1.82) is 0 Å². The number of nitrogens with two attached hydrogens (primary N) is 1. The molecule has 0 radical (unpaired) electrons. The van der Waals surface area contributed by atoms with Gasteiger partial charge in [0.2, 0.25) is 0 Å². The lowest BCUT2D eigenvalue weighted by Gasteiger charge is -2.26. The third kappa shape index (κ3) is 3.84. The SMILES string of the molecule is CCCCN(CCO)c1ccc(N)cc1C(F)F. The second-order valence-electron chi connectivity index (χ2n) is 4.18. The predicted octanol–water partition coefficient (Wildman–Crippen LogP) is 2.81. The molecule has 0 amide bonds. The van der Waals surface area contributed by atoms with Crippen LogP contribution in [0.2, 0.25) is 0 Å². The van der Waals surface area contributed by atoms with Crippen molar-refractivity contribution in [2.75, 3.05) is 30.3 Å². The Morgan fingerprint density at radius 2 is 2.06 bits per heavy atom. The average molecular weight is 258 g/mol. The summed E-state index contributed by atoms with van der Waals surface area (Å²) in [6.07, 6.45) is -0.695. The zero-order chi connectivity index (χ0) is 13.5. The van der Waals surface area contributed by atoms with E-state index in [2.05, 4.69) is 0 Å². The van der Waals surface area contributed by atoms with Crippen LogP contribution in [0.1, 0.15) is 31.8 Å². The van der Waals surface area contributed by atoms with Crippen molar-refractivity contribution < 1.29 is 13.9 Å². The Balaban J connectivity index is 3.01. The second kappa shape index (κ2) is 7.16. The fourth-order valence-corrected chi connectivity index (χ4v) is 1.86. The molecule has 3 N–H and O–H groups in total. The van der Waals surface area contributed by atoms with Gasteiger partial charge in [0.1, 0.15) is 0 Å². The topological polar surface area (TPSA) is 49.5 Å². The van der Waals surface area contributed by atoms with Crippen LogP contribution in [0.4, 0.5) is 20.2 Å². The normalized spacial score (nSPS) is 10.9. The predicted molar refractivity (Wildman–Crippen MR) is 70.0 cm³/mol. The number of aliphatic hydroxyl groups is 1. The van der Waals surface area contributed by atoms with E-state index >= 15 is 0 Å². The Labute approximate surface area is 106 Å². The lowest BCUT2D eigenvalue weighted by molar-refractivity contribution is 0.151. The van der Waals surface area contributed by atoms with E-state index in [1.165, 1.54) is 6.07 Å². The van der Waals surface area contributed by atoms with Gasteiger partial charge in [-0.1, -0.05) is 13.3 Å². The fraction of sp³-hybridized carbons (Fsp3) is 0.538. The van der Waals surface area contributed by atoms with Crippen molar-refractivity contribution >= 4 is 11.4 Å². The van der Waals surface area contributed by atoms with Crippen LogP contribution in [0.5, 0.6) is 0 Å². The van der Waals surface area contributed by atoms with Gasteiger partial charge in [0.15, 0.2) is 0 Å². The molecule has 0 saturated carbocycles. The van der Waals surface area contributed by atoms with E-state index in [0.29, 0.717) is 24.5 Å². The van der Waals surface area contributed by atoms with E-state index in [1.54, 1.807) is 17.0 Å². The fourth-order valence-electron chi connectivity index (χ4n) is 1.86. The zero-order valence-corrected chi connectivity index (χ0v) is 10.6. The lowest BCUT2D eigenvalue weighted by atomic mass is 10.1. The van der Waals surface area contributed by atoms with Crippen LogP contribution in [-0.4, -0.2) is 24.8 Å². The molecule has 0 heterocycles. The third-order valence-corrected chi connectivity index (χ3v) is 2.78. The monoisotopic (exact) mass is 258 g/mol. The standard InChI is InChI=1S/C13H20F2N2O/c1-2-3-6-17(7-8-18)12-5-4-10(16)9-11(12)13(14)15/h4-5,9,13,18H,2-3,6-8,16H2,1H3. The summed E-state index contributed by atoms with van der Waals surface area (Å²) in [5.74, 6) is 0. The molecule has 102 valence electrons. The van der Waals surface area contributed by atoms with Crippen LogP contribution in [0.15, 0.2) is 18.2 Å². The smallest absolute Gasteiger partial charge is 0.265 e. The highest BCUT2D eigenvalue weighted by molar-refractivity contribution is 5.60. The number of hydrogen-bond acceptors (Lipinski definition) is 3. The summed E-state index contributed by atoms with van der Waals surface area (Å²) in [4.78, 5) is 1.78. The first-order valence-electron chi connectivity index (χ1n) is 6.13. The van der Waals surface area contributed by atoms with Gasteiger partial charge in [0.05, 0.1) is 6.61 Å². The minimum Gasteiger partial charge on any atom is -0.399 e. The maximum Gasteiger partial charge on any atom is 0.265 e. The Hall–Kier alpha value is -1.36. The molecule has 0 fully saturated rings. The number of halogens is 2. The number of unbranched alkanes of at least 4 members (excludes halogenated alkanes) is 1. The molecule has 1 rings (SSSR count). The number of nitrogen functional groups attached to an aromatic ring is 1. The molecule has 1 aromatic carbocycles. The summed E-state index contributed by atoms with van der Waals surface area (Å²) < 4.78 is 26.0. The van der Waals surface area contributed by atoms with Crippen molar-refractivity contribution in [2.45, 2.75) is 26.2 Å². The molecular formula is C13H20F2N2O. The largest absolute Gasteiger partial charge is 0.399 e. The summed E-state index contributed by atoms with van der Waals surface area (Å²) >= 11 is 0. The van der Waals surface area contributed by atoms with Gasteiger partial charge in [0, 0.05) is 30.0 Å². The molecule has 0 aliphatic carbocycles. The Morgan fingerprint density at radius 3 is 2.61 bits per heavy atom. The highest BCUT2D eigenvalue weighted by atomic mass is 19.3. The molecule has 1 aromatic rings. The minimum atomic E-state index is -2.56. The van der Waals surface area contributed by atoms with E-state index < -0.39 is 6.43 Å². The molecule has 0 aliphatic heterocycles. The van der Waals surface area contributed by atoms with Crippen molar-refractivity contribution in [3.05, 3.63) is 23.8 Å². The Kier molecular flexibility index (Phi) is 5.85. The number of alkyl halides is 2. The maximum absolute atomic E-state index is 13.0. The van der Waals surface area contributed by atoms with Gasteiger partial charge in [-0.2, -0.15) is 0 Å². The first-order valence-corrected chi connectivity index (χ1v) is 6.13. The lowest BCUT2D eigenvalue weighted by Crippen LogP contribution is -2.28. The van der Waals surface area contributed by atoms with Gasteiger partial charge < -0.3 is 15.7 Å². The van der Waals surface area contributed by atoms with Crippen LogP contribution in [0.3, 0.4) is 0 Å². The molecule has 0 atom stereocenters. The van der Waals surface area contributed by atoms with Crippen molar-refractivity contribution in [2.24, 2.45) is 0 Å². The maximum atomic E-state index is 13.0. The van der Waals surface area contributed by atoms with Crippen LogP contribution in [0, 0.1) is 0 Å². The van der Waals surface area contributed by atoms with Gasteiger partial charge >= 0.3 is 0 Å². The summed E-state index contributed by atoms with van der Waals surface area (Å²) in [6.45, 7) is 2.98. The van der Waals surface area contributed by atoms with E-state index in [0.717, 1.165) is 12.8 Å². The van der Waals surface area contributed by atoms with E-state index in [4.69, 9.17) is 10.8 Å². The molecule has 5 heteroatoms. The van der Waals surface area contributed by atoms with Crippen molar-refractivity contribution in [1.82, 2.24) is 0 Å². The quantitative estimate of drug-likeness (QED) is 0.739. The molecule has 0 spiro atoms. The number of benzene rings is 1. The van der Waals surface area contributed by atoms with E-state index in [9.17, 15) is 8.78 Å².